The summed E-state index contributed by atoms with van der Waals surface area (Å²) in [5.41, 5.74) is -0.850. The van der Waals surface area contributed by atoms with Crippen LogP contribution in [0.5, 0.6) is 0 Å². The van der Waals surface area contributed by atoms with Gasteiger partial charge in [-0.05, 0) is 18.2 Å². The molecule has 0 aliphatic heterocycles. The highest BCUT2D eigenvalue weighted by atomic mass is 32.3. The van der Waals surface area contributed by atoms with Crippen molar-refractivity contribution in [2.24, 2.45) is 0 Å². The van der Waals surface area contributed by atoms with E-state index in [1.165, 1.54) is 18.2 Å². The summed E-state index contributed by atoms with van der Waals surface area (Å²) in [5, 5.41) is 7.74. The molecule has 2 aromatic rings. The Morgan fingerprint density at radius 1 is 1.20 bits per heavy atom. The van der Waals surface area contributed by atoms with E-state index in [9.17, 15) is 21.9 Å². The summed E-state index contributed by atoms with van der Waals surface area (Å²) in [6.07, 6.45) is 0. The summed E-state index contributed by atoms with van der Waals surface area (Å²) >= 11 is 0. The summed E-state index contributed by atoms with van der Waals surface area (Å²) in [4.78, 5) is 21.9. The highest BCUT2D eigenvalue weighted by molar-refractivity contribution is 7.86. The fourth-order valence-corrected chi connectivity index (χ4v) is 2.06. The molecule has 104 valence electrons. The Kier molecular flexibility index (Phi) is 3.61. The Balaban J connectivity index is 2.33. The number of carbonyl (C=O) groups is 1. The molecule has 7 nitrogen and oxygen atoms in total. The largest absolute Gasteiger partial charge is 0.334 e. The van der Waals surface area contributed by atoms with E-state index in [0.29, 0.717) is 0 Å². The number of para-hydroxylation sites is 1. The summed E-state index contributed by atoms with van der Waals surface area (Å²) in [6.45, 7) is 0. The first-order chi connectivity index (χ1) is 9.38. The number of nitrogens with one attached hydrogen (secondary N) is 2. The van der Waals surface area contributed by atoms with Gasteiger partial charge < -0.3 is 5.32 Å². The topological polar surface area (TPSA) is 109 Å². The number of aromatic amines is 1. The molecule has 0 bridgehead atoms. The van der Waals surface area contributed by atoms with Crippen molar-refractivity contribution in [3.8, 4) is 0 Å². The average Bonchev–Trinajstić information content (AvgIpc) is 2.38. The van der Waals surface area contributed by atoms with E-state index in [2.05, 4.69) is 15.5 Å². The third-order valence-corrected chi connectivity index (χ3v) is 3.19. The van der Waals surface area contributed by atoms with Gasteiger partial charge in [-0.25, -0.2) is 5.10 Å². The summed E-state index contributed by atoms with van der Waals surface area (Å²) in [6, 6.07) is 7.24. The van der Waals surface area contributed by atoms with E-state index < -0.39 is 26.6 Å². The zero-order chi connectivity index (χ0) is 14.8. The van der Waals surface area contributed by atoms with E-state index in [1.54, 1.807) is 0 Å². The van der Waals surface area contributed by atoms with Crippen molar-refractivity contribution in [2.75, 3.05) is 5.32 Å². The number of nitrogens with zero attached hydrogens (tertiary/aromatic N) is 1. The second-order valence-corrected chi connectivity index (χ2v) is 5.01. The van der Waals surface area contributed by atoms with Crippen molar-refractivity contribution >= 4 is 21.8 Å². The zero-order valence-electron chi connectivity index (χ0n) is 9.83. The molecule has 1 heterocycles. The lowest BCUT2D eigenvalue weighted by molar-refractivity contribution is 0.102. The van der Waals surface area contributed by atoms with Gasteiger partial charge in [-0.1, -0.05) is 12.1 Å². The molecule has 0 saturated heterocycles. The van der Waals surface area contributed by atoms with Gasteiger partial charge >= 0.3 is 10.2 Å². The molecule has 1 aromatic heterocycles. The molecule has 20 heavy (non-hydrogen) atoms. The van der Waals surface area contributed by atoms with Gasteiger partial charge in [-0.3, -0.25) is 9.59 Å². The molecule has 0 aliphatic rings. The Morgan fingerprint density at radius 3 is 2.50 bits per heavy atom. The summed E-state index contributed by atoms with van der Waals surface area (Å²) < 4.78 is 34.9. The smallest absolute Gasteiger partial charge is 0.319 e. The van der Waals surface area contributed by atoms with Crippen LogP contribution in [0.25, 0.3) is 0 Å². The lowest BCUT2D eigenvalue weighted by Gasteiger charge is -2.07. The molecule has 0 atom stereocenters. The monoisotopic (exact) mass is 297 g/mol. The number of halogens is 1. The van der Waals surface area contributed by atoms with Gasteiger partial charge in [-0.2, -0.15) is 13.5 Å². The van der Waals surface area contributed by atoms with Crippen LogP contribution < -0.4 is 10.9 Å². The molecule has 0 radical (unpaired) electrons. The van der Waals surface area contributed by atoms with Crippen molar-refractivity contribution in [3.63, 3.8) is 0 Å². The Hall–Kier alpha value is -2.55. The molecule has 0 spiro atoms. The quantitative estimate of drug-likeness (QED) is 0.810. The molecule has 2 N–H and O–H groups in total. The minimum atomic E-state index is -4.96. The van der Waals surface area contributed by atoms with Gasteiger partial charge in [0.1, 0.15) is 10.6 Å². The van der Waals surface area contributed by atoms with Crippen LogP contribution in [0.3, 0.4) is 0 Å². The standard InChI is InChI=1S/C11H8FN3O4S/c12-20(18,19)9-4-2-1-3-7(9)13-11(17)8-5-6-10(16)15-14-8/h1-6H,(H,13,17)(H,15,16). The lowest BCUT2D eigenvalue weighted by atomic mass is 10.3. The number of carbonyl (C=O) groups excluding carboxylic acids is 1. The highest BCUT2D eigenvalue weighted by Crippen LogP contribution is 2.22. The molecule has 1 aromatic carbocycles. The molecule has 0 unspecified atom stereocenters. The van der Waals surface area contributed by atoms with Crippen LogP contribution in [-0.2, 0) is 10.2 Å². The fraction of sp³-hybridized carbons (Fsp3) is 0. The maximum Gasteiger partial charge on any atom is 0.334 e. The number of amides is 1. The van der Waals surface area contributed by atoms with Crippen LogP contribution in [0.2, 0.25) is 0 Å². The SMILES string of the molecule is O=C(Nc1ccccc1S(=O)(=O)F)c1ccc(=O)[nH]n1. The van der Waals surface area contributed by atoms with Crippen LogP contribution in [-0.4, -0.2) is 24.5 Å². The molecule has 9 heteroatoms. The lowest BCUT2D eigenvalue weighted by Crippen LogP contribution is -2.18. The maximum absolute atomic E-state index is 13.0. The molecule has 0 aliphatic carbocycles. The molecular weight excluding hydrogens is 289 g/mol. The first-order valence-corrected chi connectivity index (χ1v) is 6.67. The van der Waals surface area contributed by atoms with Crippen molar-refractivity contribution < 1.29 is 17.1 Å². The number of anilines is 1. The van der Waals surface area contributed by atoms with Crippen LogP contribution in [0, 0.1) is 0 Å². The third-order valence-electron chi connectivity index (χ3n) is 2.31. The second kappa shape index (κ2) is 5.21. The van der Waals surface area contributed by atoms with Gasteiger partial charge in [0.2, 0.25) is 0 Å². The van der Waals surface area contributed by atoms with Gasteiger partial charge in [0.15, 0.2) is 0 Å². The first-order valence-electron chi connectivity index (χ1n) is 5.29. The molecule has 1 amide bonds. The van der Waals surface area contributed by atoms with E-state index in [1.807, 2.05) is 0 Å². The number of hydrogen-bond acceptors (Lipinski definition) is 5. The van der Waals surface area contributed by atoms with E-state index in [0.717, 1.165) is 18.2 Å². The van der Waals surface area contributed by atoms with Crippen LogP contribution in [0.15, 0.2) is 46.1 Å². The van der Waals surface area contributed by atoms with Gasteiger partial charge in [-0.15, -0.1) is 3.89 Å². The number of aromatic nitrogens is 2. The van der Waals surface area contributed by atoms with Crippen molar-refractivity contribution in [3.05, 3.63) is 52.4 Å². The van der Waals surface area contributed by atoms with Crippen molar-refractivity contribution in [1.82, 2.24) is 10.2 Å². The predicted octanol–water partition coefficient (Wildman–Crippen LogP) is 0.680. The van der Waals surface area contributed by atoms with Crippen LogP contribution in [0.1, 0.15) is 10.5 Å². The first kappa shape index (κ1) is 13.9. The second-order valence-electron chi connectivity index (χ2n) is 3.69. The number of hydrogen-bond donors (Lipinski definition) is 2. The molecule has 0 fully saturated rings. The summed E-state index contributed by atoms with van der Waals surface area (Å²) in [7, 11) is -4.96. The van der Waals surface area contributed by atoms with Gasteiger partial charge in [0.25, 0.3) is 11.5 Å². The average molecular weight is 297 g/mol. The number of H-pyrrole nitrogens is 1. The van der Waals surface area contributed by atoms with E-state index in [4.69, 9.17) is 0 Å². The highest BCUT2D eigenvalue weighted by Gasteiger charge is 2.19. The van der Waals surface area contributed by atoms with E-state index >= 15 is 0 Å². The third kappa shape index (κ3) is 3.06. The Morgan fingerprint density at radius 2 is 1.90 bits per heavy atom. The Labute approximate surface area is 112 Å². The fourth-order valence-electron chi connectivity index (χ4n) is 1.44. The molecular formula is C11H8FN3O4S. The molecule has 2 rings (SSSR count). The van der Waals surface area contributed by atoms with Crippen molar-refractivity contribution in [2.45, 2.75) is 4.90 Å². The maximum atomic E-state index is 13.0. The van der Waals surface area contributed by atoms with Crippen LogP contribution in [0.4, 0.5) is 9.57 Å². The van der Waals surface area contributed by atoms with Crippen molar-refractivity contribution in [1.29, 1.82) is 0 Å². The zero-order valence-corrected chi connectivity index (χ0v) is 10.6. The summed E-state index contributed by atoms with van der Waals surface area (Å²) in [5.74, 6) is -0.780. The normalized spacial score (nSPS) is 11.1. The molecule has 0 saturated carbocycles. The van der Waals surface area contributed by atoms with Gasteiger partial charge in [0.05, 0.1) is 5.69 Å². The predicted molar refractivity (Wildman–Crippen MR) is 67.5 cm³/mol. The number of rotatable bonds is 3. The minimum absolute atomic E-state index is 0.143. The van der Waals surface area contributed by atoms with Crippen LogP contribution >= 0.6 is 0 Å². The minimum Gasteiger partial charge on any atom is -0.319 e. The Bertz CT molecular complexity index is 796. The van der Waals surface area contributed by atoms with Gasteiger partial charge in [0, 0.05) is 6.07 Å². The number of benzene rings is 1. The van der Waals surface area contributed by atoms with E-state index in [-0.39, 0.29) is 11.4 Å².